The molecule has 0 bridgehead atoms. The average molecular weight is 1890 g/mol. The highest BCUT2D eigenvalue weighted by Crippen LogP contribution is 2.46. The molecule has 0 spiro atoms. The lowest BCUT2D eigenvalue weighted by Crippen LogP contribution is -1.82. The predicted octanol–water partition coefficient (Wildman–Crippen LogP) is 27.7. The van der Waals surface area contributed by atoms with Gasteiger partial charge in [0, 0.05) is 86.2 Å². The van der Waals surface area contributed by atoms with Crippen molar-refractivity contribution in [1.29, 1.82) is 0 Å². The van der Waals surface area contributed by atoms with Gasteiger partial charge in [0.05, 0.1) is 66.2 Å². The molecule has 26 rings (SSSR count). The zero-order chi connectivity index (χ0) is 89.0. The first-order valence-corrected chi connectivity index (χ1v) is 46.7. The normalized spacial score (nSPS) is 9.44. The van der Waals surface area contributed by atoms with Crippen molar-refractivity contribution in [3.63, 3.8) is 0 Å². The summed E-state index contributed by atoms with van der Waals surface area (Å²) < 4.78 is 9.80. The van der Waals surface area contributed by atoms with Crippen LogP contribution in [0.5, 0.6) is 0 Å². The first kappa shape index (κ1) is 134. The Bertz CT molecular complexity index is 6930. The van der Waals surface area contributed by atoms with Crippen LogP contribution in [0.1, 0.15) is 174 Å². The second-order valence-electron chi connectivity index (χ2n) is 27.5. The Morgan fingerprint density at radius 3 is 0.367 bits per heavy atom. The van der Waals surface area contributed by atoms with Gasteiger partial charge >= 0.3 is 0 Å². The van der Waals surface area contributed by atoms with Crippen molar-refractivity contribution < 1.29 is 76.7 Å². The minimum absolute atomic E-state index is 0. The Hall–Kier alpha value is -13.8. The van der Waals surface area contributed by atoms with E-state index < -0.39 is 0 Å². The third-order valence-corrected chi connectivity index (χ3v) is 22.3. The van der Waals surface area contributed by atoms with E-state index in [-0.39, 0.29) is 84.1 Å². The van der Waals surface area contributed by atoms with Crippen LogP contribution in [0.4, 0.5) is 0 Å². The Balaban J connectivity index is -0.000000520. The van der Waals surface area contributed by atoms with E-state index in [9.17, 15) is 0 Å². The van der Waals surface area contributed by atoms with Crippen LogP contribution in [-0.2, 0) is 0 Å². The van der Waals surface area contributed by atoms with E-state index in [2.05, 4.69) is 357 Å². The molecule has 18 aromatic carbocycles. The summed E-state index contributed by atoms with van der Waals surface area (Å²) in [6, 6.07) is 124. The molecule has 139 heavy (non-hydrogen) atoms. The van der Waals surface area contributed by atoms with E-state index in [1.54, 1.807) is 0 Å². The molecule has 18 nitrogen and oxygen atoms in total. The van der Waals surface area contributed by atoms with Gasteiger partial charge in [0.1, 0.15) is 0 Å². The van der Waals surface area contributed by atoms with Crippen LogP contribution in [0, 0.1) is 0 Å². The van der Waals surface area contributed by atoms with Gasteiger partial charge in [0.2, 0.25) is 0 Å². The SMILES string of the molecule is C.CC.CC.CC.CC.CC.CC.CC.CC.CC.CC.CC.CC.O.O.O.O.O.O.O.O.O.O.O.O.O.O.c1ccc2c(c1)c1cccc3c4ccccc4n2c13.c1ccc2cc3c(cc2c1)c1cccc2c4cc5ccccc5cc4n3c12.c1ccc2cc3c(cc2c1)c1cccc2c4cc5ccccc5cc4n3c12.c1ccc2cc3c(cc2c1)c1cccc2c4cc5ccccc5cc4n3c12. The molecule has 0 aliphatic heterocycles. The monoisotopic (exact) mass is 1890 g/mol. The molecule has 18 heteroatoms. The maximum atomic E-state index is 2.47. The largest absolute Gasteiger partial charge is 0.412 e. The molecular formula is C121H160N4O14. The summed E-state index contributed by atoms with van der Waals surface area (Å²) in [6.07, 6.45) is 0. The van der Waals surface area contributed by atoms with E-state index in [4.69, 9.17) is 0 Å². The van der Waals surface area contributed by atoms with Gasteiger partial charge in [-0.3, -0.25) is 0 Å². The van der Waals surface area contributed by atoms with E-state index in [0.29, 0.717) is 0 Å². The minimum Gasteiger partial charge on any atom is -0.412 e. The van der Waals surface area contributed by atoms with E-state index in [1.165, 1.54) is 217 Å². The van der Waals surface area contributed by atoms with E-state index in [0.717, 1.165) is 0 Å². The van der Waals surface area contributed by atoms with Crippen molar-refractivity contribution in [1.82, 2.24) is 17.6 Å². The van der Waals surface area contributed by atoms with Gasteiger partial charge < -0.3 is 94.3 Å². The lowest BCUT2D eigenvalue weighted by molar-refractivity contribution is 0.823. The van der Waals surface area contributed by atoms with Crippen LogP contribution in [-0.4, -0.2) is 94.3 Å². The zero-order valence-corrected chi connectivity index (χ0v) is 85.1. The molecule has 0 aliphatic rings. The first-order valence-electron chi connectivity index (χ1n) is 46.7. The summed E-state index contributed by atoms with van der Waals surface area (Å²) in [7, 11) is 0. The minimum atomic E-state index is 0. The fraction of sp³-hybridized carbons (Fsp3) is 0.207. The zero-order valence-electron chi connectivity index (χ0n) is 85.1. The molecule has 0 atom stereocenters. The summed E-state index contributed by atoms with van der Waals surface area (Å²) in [5.41, 5.74) is 15.8. The number of nitrogens with zero attached hydrogens (tertiary/aromatic N) is 4. The summed E-state index contributed by atoms with van der Waals surface area (Å²) in [5.74, 6) is 0. The maximum Gasteiger partial charge on any atom is 0.0620 e. The molecule has 0 fully saturated rings. The molecule has 0 unspecified atom stereocenters. The third-order valence-electron chi connectivity index (χ3n) is 22.3. The van der Waals surface area contributed by atoms with Crippen molar-refractivity contribution in [3.8, 4) is 0 Å². The smallest absolute Gasteiger partial charge is 0.0620 e. The number of benzene rings is 18. The molecular weight excluding hydrogens is 1730 g/mol. The fourth-order valence-corrected chi connectivity index (χ4v) is 17.9. The molecule has 28 N–H and O–H groups in total. The second kappa shape index (κ2) is 62.1. The Kier molecular flexibility index (Phi) is 59.7. The van der Waals surface area contributed by atoms with E-state index >= 15 is 0 Å². The molecule has 26 aromatic rings. The van der Waals surface area contributed by atoms with Gasteiger partial charge in [-0.1, -0.05) is 428 Å². The highest BCUT2D eigenvalue weighted by atomic mass is 16.0. The van der Waals surface area contributed by atoms with Gasteiger partial charge in [-0.15, -0.1) is 0 Å². The molecule has 0 saturated carbocycles. The van der Waals surface area contributed by atoms with Crippen LogP contribution in [0.15, 0.2) is 340 Å². The van der Waals surface area contributed by atoms with Crippen LogP contribution in [0.25, 0.3) is 217 Å². The molecule has 0 aliphatic carbocycles. The quantitative estimate of drug-likeness (QED) is 0.137. The van der Waals surface area contributed by atoms with Crippen LogP contribution < -0.4 is 0 Å². The average Bonchev–Trinajstić information content (AvgIpc) is 1.53. The first-order chi connectivity index (χ1) is 61.6. The van der Waals surface area contributed by atoms with Crippen molar-refractivity contribution in [2.45, 2.75) is 174 Å². The van der Waals surface area contributed by atoms with Crippen molar-refractivity contribution in [2.24, 2.45) is 0 Å². The molecule has 0 radical (unpaired) electrons. The van der Waals surface area contributed by atoms with Gasteiger partial charge in [-0.05, 0) is 150 Å². The topological polar surface area (TPSA) is 459 Å². The predicted molar refractivity (Wildman–Crippen MR) is 623 cm³/mol. The summed E-state index contributed by atoms with van der Waals surface area (Å²) in [5, 5.41) is 37.0. The second-order valence-corrected chi connectivity index (χ2v) is 27.5. The molecule has 748 valence electrons. The Morgan fingerprint density at radius 2 is 0.216 bits per heavy atom. The van der Waals surface area contributed by atoms with Crippen molar-refractivity contribution in [2.75, 3.05) is 0 Å². The summed E-state index contributed by atoms with van der Waals surface area (Å²) in [6.45, 7) is 48.0. The van der Waals surface area contributed by atoms with Crippen molar-refractivity contribution >= 4 is 217 Å². The van der Waals surface area contributed by atoms with Gasteiger partial charge in [0.15, 0.2) is 0 Å². The number of para-hydroxylation sites is 6. The Morgan fingerprint density at radius 1 is 0.108 bits per heavy atom. The number of hydrogen-bond acceptors (Lipinski definition) is 0. The molecule has 0 saturated heterocycles. The molecule has 0 amide bonds. The number of aromatic nitrogens is 4. The van der Waals surface area contributed by atoms with Gasteiger partial charge in [0.25, 0.3) is 0 Å². The summed E-state index contributed by atoms with van der Waals surface area (Å²) in [4.78, 5) is 0. The van der Waals surface area contributed by atoms with Crippen LogP contribution >= 0.6 is 0 Å². The number of hydrogen-bond donors (Lipinski definition) is 0. The standard InChI is InChI=1S/3C26H15N.C18H11N.12C2H6.CH4.14H2O/c3*1-3-8-18-14-24-22(12-16(18)6-1)20-10-5-11-21-23-13-17-7-2-4-9-19(17)15-25(23)27(24)26(20)21;1-3-10-16-12(6-1)14-8-5-9-15-13-7-2-4-11-17(13)19(16)18(14)15;12*1-2;;;;;;;;;;;;;;;/h3*1-15H;1-11H;12*1-2H3;1H4;14*1H2. The highest BCUT2D eigenvalue weighted by Gasteiger charge is 2.23. The van der Waals surface area contributed by atoms with Gasteiger partial charge in [-0.25, -0.2) is 0 Å². The summed E-state index contributed by atoms with van der Waals surface area (Å²) >= 11 is 0. The highest BCUT2D eigenvalue weighted by molar-refractivity contribution is 6.30. The molecule has 8 heterocycles. The maximum absolute atomic E-state index is 2.47. The van der Waals surface area contributed by atoms with Crippen LogP contribution in [0.2, 0.25) is 0 Å². The van der Waals surface area contributed by atoms with Crippen molar-refractivity contribution in [3.05, 3.63) is 340 Å². The lowest BCUT2D eigenvalue weighted by atomic mass is 10.0. The molecule has 8 aromatic heterocycles. The number of fused-ring (bicyclic) bond motifs is 30. The van der Waals surface area contributed by atoms with Gasteiger partial charge in [-0.2, -0.15) is 0 Å². The fourth-order valence-electron chi connectivity index (χ4n) is 17.9. The third kappa shape index (κ3) is 23.3. The Labute approximate surface area is 819 Å². The lowest BCUT2D eigenvalue weighted by Gasteiger charge is -2.03. The number of rotatable bonds is 0. The van der Waals surface area contributed by atoms with E-state index in [1.807, 2.05) is 166 Å². The van der Waals surface area contributed by atoms with Crippen LogP contribution in [0.3, 0.4) is 0 Å².